The summed E-state index contributed by atoms with van der Waals surface area (Å²) in [6.07, 6.45) is 3.30. The van der Waals surface area contributed by atoms with E-state index in [2.05, 4.69) is 19.2 Å². The van der Waals surface area contributed by atoms with Gasteiger partial charge in [-0.1, -0.05) is 56.5 Å². The molecule has 1 amide bonds. The predicted molar refractivity (Wildman–Crippen MR) is 101 cm³/mol. The van der Waals surface area contributed by atoms with Crippen LogP contribution in [0.25, 0.3) is 10.1 Å². The van der Waals surface area contributed by atoms with E-state index >= 15 is 0 Å². The minimum atomic E-state index is -0.550. The molecular weight excluding hydrogens is 358 g/mol. The minimum Gasteiger partial charge on any atom is -0.451 e. The highest BCUT2D eigenvalue weighted by molar-refractivity contribution is 7.21. The summed E-state index contributed by atoms with van der Waals surface area (Å²) in [6.45, 7) is 4.10. The molecule has 1 aliphatic carbocycles. The highest BCUT2D eigenvalue weighted by Crippen LogP contribution is 2.35. The van der Waals surface area contributed by atoms with Crippen molar-refractivity contribution in [3.8, 4) is 0 Å². The van der Waals surface area contributed by atoms with E-state index in [4.69, 9.17) is 16.3 Å². The van der Waals surface area contributed by atoms with Gasteiger partial charge in [-0.2, -0.15) is 0 Å². The smallest absolute Gasteiger partial charge is 0.350 e. The summed E-state index contributed by atoms with van der Waals surface area (Å²) in [5, 5.41) is 4.22. The lowest BCUT2D eigenvalue weighted by molar-refractivity contribution is -0.125. The van der Waals surface area contributed by atoms with Crippen LogP contribution in [-0.2, 0) is 9.53 Å². The van der Waals surface area contributed by atoms with Crippen molar-refractivity contribution in [2.45, 2.75) is 39.2 Å². The third-order valence-corrected chi connectivity index (χ3v) is 6.76. The van der Waals surface area contributed by atoms with Crippen molar-refractivity contribution >= 4 is 44.9 Å². The summed E-state index contributed by atoms with van der Waals surface area (Å²) in [6, 6.07) is 7.69. The molecule has 3 rings (SSSR count). The molecule has 1 fully saturated rings. The molecule has 1 aromatic heterocycles. The van der Waals surface area contributed by atoms with Gasteiger partial charge in [0.2, 0.25) is 0 Å². The highest BCUT2D eigenvalue weighted by atomic mass is 35.5. The fourth-order valence-corrected chi connectivity index (χ4v) is 4.78. The molecule has 1 aliphatic rings. The summed E-state index contributed by atoms with van der Waals surface area (Å²) in [5.74, 6) is 0.229. The lowest BCUT2D eigenvalue weighted by Gasteiger charge is -2.34. The number of thiophene rings is 1. The highest BCUT2D eigenvalue weighted by Gasteiger charge is 2.28. The van der Waals surface area contributed by atoms with E-state index in [-0.39, 0.29) is 18.6 Å². The van der Waals surface area contributed by atoms with Crippen molar-refractivity contribution in [2.24, 2.45) is 11.8 Å². The van der Waals surface area contributed by atoms with E-state index < -0.39 is 5.97 Å². The number of benzene rings is 1. The van der Waals surface area contributed by atoms with E-state index in [9.17, 15) is 9.59 Å². The van der Waals surface area contributed by atoms with E-state index in [0.29, 0.717) is 21.7 Å². The van der Waals surface area contributed by atoms with Crippen LogP contribution >= 0.6 is 22.9 Å². The van der Waals surface area contributed by atoms with Crippen LogP contribution in [0.15, 0.2) is 24.3 Å². The van der Waals surface area contributed by atoms with E-state index in [1.807, 2.05) is 24.3 Å². The molecule has 0 saturated heterocycles. The maximum Gasteiger partial charge on any atom is 0.350 e. The molecular formula is C19H22ClNO3S. The monoisotopic (exact) mass is 379 g/mol. The number of hydrogen-bond donors (Lipinski definition) is 1. The van der Waals surface area contributed by atoms with Gasteiger partial charge < -0.3 is 10.1 Å². The second-order valence-electron chi connectivity index (χ2n) is 6.76. The van der Waals surface area contributed by atoms with Crippen molar-refractivity contribution in [1.82, 2.24) is 5.32 Å². The Hall–Kier alpha value is -1.59. The van der Waals surface area contributed by atoms with Crippen LogP contribution in [0.3, 0.4) is 0 Å². The summed E-state index contributed by atoms with van der Waals surface area (Å²) in [5.41, 5.74) is 0. The zero-order chi connectivity index (χ0) is 18.0. The fourth-order valence-electron chi connectivity index (χ4n) is 3.38. The van der Waals surface area contributed by atoms with Crippen LogP contribution in [0.5, 0.6) is 0 Å². The number of carbonyl (C=O) groups is 2. The third kappa shape index (κ3) is 3.98. The molecule has 134 valence electrons. The maximum atomic E-state index is 12.3. The molecule has 0 aliphatic heterocycles. The third-order valence-electron chi connectivity index (χ3n) is 5.11. The zero-order valence-corrected chi connectivity index (χ0v) is 16.0. The van der Waals surface area contributed by atoms with Crippen molar-refractivity contribution in [3.63, 3.8) is 0 Å². The number of rotatable bonds is 4. The van der Waals surface area contributed by atoms with Gasteiger partial charge in [0.1, 0.15) is 4.88 Å². The van der Waals surface area contributed by atoms with Crippen molar-refractivity contribution in [2.75, 3.05) is 6.61 Å². The van der Waals surface area contributed by atoms with E-state index in [0.717, 1.165) is 22.9 Å². The minimum absolute atomic E-state index is 0.155. The molecule has 0 spiro atoms. The van der Waals surface area contributed by atoms with Crippen LogP contribution in [0.4, 0.5) is 0 Å². The lowest BCUT2D eigenvalue weighted by atomic mass is 9.78. The SMILES string of the molecule is C[C@@H]1[C@H](C)CCC[C@H]1NC(=O)COC(=O)c1sc2ccccc2c1Cl. The maximum absolute atomic E-state index is 12.3. The van der Waals surface area contributed by atoms with Crippen molar-refractivity contribution in [3.05, 3.63) is 34.2 Å². The first-order valence-electron chi connectivity index (χ1n) is 8.61. The van der Waals surface area contributed by atoms with Gasteiger partial charge in [0.15, 0.2) is 6.61 Å². The van der Waals surface area contributed by atoms with Crippen molar-refractivity contribution < 1.29 is 14.3 Å². The van der Waals surface area contributed by atoms with Gasteiger partial charge >= 0.3 is 5.97 Å². The van der Waals surface area contributed by atoms with Crippen LogP contribution in [0, 0.1) is 11.8 Å². The van der Waals surface area contributed by atoms with Gasteiger partial charge in [-0.15, -0.1) is 11.3 Å². The van der Waals surface area contributed by atoms with Gasteiger partial charge in [-0.05, 0) is 24.3 Å². The summed E-state index contributed by atoms with van der Waals surface area (Å²) in [4.78, 5) is 24.8. The predicted octanol–water partition coefficient (Wildman–Crippen LogP) is 4.65. The summed E-state index contributed by atoms with van der Waals surface area (Å²) in [7, 11) is 0. The van der Waals surface area contributed by atoms with Crippen LogP contribution < -0.4 is 5.32 Å². The Morgan fingerprint density at radius 1 is 1.28 bits per heavy atom. The number of amides is 1. The zero-order valence-electron chi connectivity index (χ0n) is 14.4. The number of halogens is 1. The van der Waals surface area contributed by atoms with Crippen LogP contribution in [-0.4, -0.2) is 24.5 Å². The Kier molecular flexibility index (Phi) is 5.64. The molecule has 25 heavy (non-hydrogen) atoms. The van der Waals surface area contributed by atoms with E-state index in [1.165, 1.54) is 17.8 Å². The number of fused-ring (bicyclic) bond motifs is 1. The first-order chi connectivity index (χ1) is 12.0. The van der Waals surface area contributed by atoms with Crippen molar-refractivity contribution in [1.29, 1.82) is 0 Å². The normalized spacial score (nSPS) is 23.4. The second-order valence-corrected chi connectivity index (χ2v) is 8.19. The summed E-state index contributed by atoms with van der Waals surface area (Å²) < 4.78 is 6.10. The number of esters is 1. The molecule has 4 nitrogen and oxygen atoms in total. The first kappa shape index (κ1) is 18.2. The molecule has 2 aromatic rings. The Labute approximate surface area is 156 Å². The molecule has 0 radical (unpaired) electrons. The van der Waals surface area contributed by atoms with Gasteiger partial charge in [-0.3, -0.25) is 4.79 Å². The molecule has 6 heteroatoms. The Morgan fingerprint density at radius 3 is 2.80 bits per heavy atom. The van der Waals surface area contributed by atoms with Gasteiger partial charge in [0.05, 0.1) is 5.02 Å². The molecule has 0 unspecified atom stereocenters. The Morgan fingerprint density at radius 2 is 2.04 bits per heavy atom. The fraction of sp³-hybridized carbons (Fsp3) is 0.474. The molecule has 0 bridgehead atoms. The molecule has 1 aromatic carbocycles. The summed E-state index contributed by atoms with van der Waals surface area (Å²) >= 11 is 7.55. The first-order valence-corrected chi connectivity index (χ1v) is 9.80. The molecule has 1 N–H and O–H groups in total. The second kappa shape index (κ2) is 7.75. The molecule has 3 atom stereocenters. The van der Waals surface area contributed by atoms with Gasteiger partial charge in [0, 0.05) is 16.1 Å². The standard InChI is InChI=1S/C19H22ClNO3S/c1-11-6-5-8-14(12(11)2)21-16(22)10-24-19(23)18-17(20)13-7-3-4-9-15(13)25-18/h3-4,7,9,11-12,14H,5-6,8,10H2,1-2H3,(H,21,22)/t11-,12-,14-/m1/s1. The molecule has 1 saturated carbocycles. The average molecular weight is 380 g/mol. The number of carbonyl (C=O) groups excluding carboxylic acids is 2. The topological polar surface area (TPSA) is 55.4 Å². The quantitative estimate of drug-likeness (QED) is 0.786. The average Bonchev–Trinajstić information content (AvgIpc) is 2.94. The Bertz CT molecular complexity index is 788. The number of nitrogens with one attached hydrogen (secondary N) is 1. The molecule has 1 heterocycles. The lowest BCUT2D eigenvalue weighted by Crippen LogP contribution is -2.45. The van der Waals surface area contributed by atoms with Gasteiger partial charge in [-0.25, -0.2) is 4.79 Å². The van der Waals surface area contributed by atoms with Crippen LogP contribution in [0.1, 0.15) is 42.8 Å². The van der Waals surface area contributed by atoms with Gasteiger partial charge in [0.25, 0.3) is 5.91 Å². The Balaban J connectivity index is 1.58. The number of ether oxygens (including phenoxy) is 1. The largest absolute Gasteiger partial charge is 0.451 e. The van der Waals surface area contributed by atoms with E-state index in [1.54, 1.807) is 0 Å². The number of hydrogen-bond acceptors (Lipinski definition) is 4. The van der Waals surface area contributed by atoms with Crippen LogP contribution in [0.2, 0.25) is 5.02 Å².